The Morgan fingerprint density at radius 2 is 2.07 bits per heavy atom. The van der Waals surface area contributed by atoms with Gasteiger partial charge < -0.3 is 14.1 Å². The standard InChI is InChI=1S/C22H24N4O4/c1-14(2)29-22(27)26-9-7-16(8-10-26)21-25-19-11-17(4-6-20(19)30-21)18-5-3-15(12-23-18)13-24-28/h3-6,11-12,14,16H,7-10,13H2,1-2H3. The molecule has 8 nitrogen and oxygen atoms in total. The van der Waals surface area contributed by atoms with Crippen LogP contribution < -0.4 is 0 Å². The lowest BCUT2D eigenvalue weighted by molar-refractivity contribution is 0.0681. The number of amides is 1. The minimum atomic E-state index is -0.256. The van der Waals surface area contributed by atoms with Crippen LogP contribution in [-0.2, 0) is 11.3 Å². The third-order valence-electron chi connectivity index (χ3n) is 5.21. The maximum absolute atomic E-state index is 12.1. The highest BCUT2D eigenvalue weighted by molar-refractivity contribution is 5.79. The van der Waals surface area contributed by atoms with Crippen LogP contribution in [-0.4, -0.2) is 40.2 Å². The summed E-state index contributed by atoms with van der Waals surface area (Å²) in [6, 6.07) is 9.52. The first kappa shape index (κ1) is 20.0. The summed E-state index contributed by atoms with van der Waals surface area (Å²) in [6.07, 6.45) is 2.87. The predicted molar refractivity (Wildman–Crippen MR) is 112 cm³/mol. The molecule has 0 N–H and O–H groups in total. The maximum atomic E-state index is 12.1. The van der Waals surface area contributed by atoms with Gasteiger partial charge in [-0.2, -0.15) is 4.91 Å². The monoisotopic (exact) mass is 408 g/mol. The number of hydrogen-bond donors (Lipinski definition) is 0. The van der Waals surface area contributed by atoms with Gasteiger partial charge in [0.1, 0.15) is 12.1 Å². The molecule has 0 radical (unpaired) electrons. The Kier molecular flexibility index (Phi) is 5.74. The number of piperidine rings is 1. The number of oxazole rings is 1. The van der Waals surface area contributed by atoms with E-state index in [1.54, 1.807) is 11.1 Å². The van der Waals surface area contributed by atoms with E-state index in [9.17, 15) is 9.70 Å². The van der Waals surface area contributed by atoms with E-state index in [0.717, 1.165) is 40.8 Å². The molecule has 0 spiro atoms. The normalized spacial score (nSPS) is 15.0. The number of nitroso groups, excluding NO2 is 1. The topological polar surface area (TPSA) is 97.9 Å². The first-order valence-corrected chi connectivity index (χ1v) is 10.1. The molecule has 1 aromatic carbocycles. The van der Waals surface area contributed by atoms with Crippen LogP contribution >= 0.6 is 0 Å². The zero-order valence-electron chi connectivity index (χ0n) is 17.1. The first-order valence-electron chi connectivity index (χ1n) is 10.1. The van der Waals surface area contributed by atoms with Gasteiger partial charge in [-0.15, -0.1) is 0 Å². The molecule has 1 amide bonds. The lowest BCUT2D eigenvalue weighted by Crippen LogP contribution is -2.39. The number of fused-ring (bicyclic) bond motifs is 1. The number of pyridine rings is 1. The lowest BCUT2D eigenvalue weighted by atomic mass is 9.97. The lowest BCUT2D eigenvalue weighted by Gasteiger charge is -2.30. The fourth-order valence-corrected chi connectivity index (χ4v) is 3.63. The van der Waals surface area contributed by atoms with Crippen LogP contribution in [0.3, 0.4) is 0 Å². The molecular formula is C22H24N4O4. The van der Waals surface area contributed by atoms with Crippen LogP contribution in [0.5, 0.6) is 0 Å². The van der Waals surface area contributed by atoms with Gasteiger partial charge in [-0.05, 0) is 56.5 Å². The second-order valence-electron chi connectivity index (χ2n) is 7.77. The predicted octanol–water partition coefficient (Wildman–Crippen LogP) is 4.88. The van der Waals surface area contributed by atoms with Crippen molar-refractivity contribution in [3.8, 4) is 11.3 Å². The van der Waals surface area contributed by atoms with Crippen molar-refractivity contribution >= 4 is 17.2 Å². The van der Waals surface area contributed by atoms with Crippen LogP contribution in [0.1, 0.15) is 44.1 Å². The van der Waals surface area contributed by atoms with Crippen molar-refractivity contribution < 1.29 is 13.9 Å². The van der Waals surface area contributed by atoms with Crippen molar-refractivity contribution in [1.82, 2.24) is 14.9 Å². The molecule has 1 aliphatic rings. The molecule has 2 aromatic heterocycles. The molecule has 0 aliphatic carbocycles. The zero-order valence-corrected chi connectivity index (χ0v) is 17.1. The highest BCUT2D eigenvalue weighted by Crippen LogP contribution is 2.31. The van der Waals surface area contributed by atoms with Crippen LogP contribution in [0.4, 0.5) is 4.79 Å². The van der Waals surface area contributed by atoms with Gasteiger partial charge in [0.15, 0.2) is 11.5 Å². The van der Waals surface area contributed by atoms with Crippen LogP contribution in [0.15, 0.2) is 46.1 Å². The molecule has 0 bridgehead atoms. The Bertz CT molecular complexity index is 1040. The fraction of sp³-hybridized carbons (Fsp3) is 0.409. The van der Waals surface area contributed by atoms with E-state index in [0.29, 0.717) is 19.0 Å². The number of hydrogen-bond acceptors (Lipinski definition) is 7. The molecule has 1 saturated heterocycles. The molecule has 30 heavy (non-hydrogen) atoms. The fourth-order valence-electron chi connectivity index (χ4n) is 3.63. The summed E-state index contributed by atoms with van der Waals surface area (Å²) in [6.45, 7) is 5.08. The molecule has 156 valence electrons. The summed E-state index contributed by atoms with van der Waals surface area (Å²) in [5, 5.41) is 2.88. The molecule has 0 unspecified atom stereocenters. The Balaban J connectivity index is 1.46. The Labute approximate surface area is 174 Å². The number of carbonyl (C=O) groups excluding carboxylic acids is 1. The largest absolute Gasteiger partial charge is 0.447 e. The minimum absolute atomic E-state index is 0.117. The Morgan fingerprint density at radius 1 is 1.27 bits per heavy atom. The third kappa shape index (κ3) is 4.32. The summed E-state index contributed by atoms with van der Waals surface area (Å²) in [5.41, 5.74) is 4.02. The molecule has 8 heteroatoms. The van der Waals surface area contributed by atoms with E-state index < -0.39 is 0 Å². The van der Waals surface area contributed by atoms with E-state index in [4.69, 9.17) is 14.1 Å². The van der Waals surface area contributed by atoms with Gasteiger partial charge in [0.25, 0.3) is 0 Å². The van der Waals surface area contributed by atoms with Crippen molar-refractivity contribution in [2.75, 3.05) is 13.1 Å². The van der Waals surface area contributed by atoms with Gasteiger partial charge in [0.2, 0.25) is 0 Å². The molecule has 1 aliphatic heterocycles. The van der Waals surface area contributed by atoms with E-state index in [1.165, 1.54) is 0 Å². The van der Waals surface area contributed by atoms with E-state index in [1.807, 2.05) is 44.2 Å². The van der Waals surface area contributed by atoms with Crippen LogP contribution in [0, 0.1) is 4.91 Å². The second-order valence-corrected chi connectivity index (χ2v) is 7.77. The van der Waals surface area contributed by atoms with Gasteiger partial charge >= 0.3 is 6.09 Å². The van der Waals surface area contributed by atoms with Crippen molar-refractivity contribution in [2.45, 2.75) is 45.3 Å². The summed E-state index contributed by atoms with van der Waals surface area (Å²) in [7, 11) is 0. The van der Waals surface area contributed by atoms with Gasteiger partial charge in [-0.25, -0.2) is 9.78 Å². The van der Waals surface area contributed by atoms with E-state index in [2.05, 4.69) is 10.2 Å². The first-order chi connectivity index (χ1) is 14.5. The smallest absolute Gasteiger partial charge is 0.410 e. The molecule has 4 rings (SSSR count). The maximum Gasteiger partial charge on any atom is 0.410 e. The number of nitrogens with zero attached hydrogens (tertiary/aromatic N) is 4. The Hall–Kier alpha value is -3.29. The SMILES string of the molecule is CC(C)OC(=O)N1CCC(c2nc3cc(-c4ccc(CN=O)cn4)ccc3o2)CC1. The van der Waals surface area contributed by atoms with Gasteiger partial charge in [-0.3, -0.25) is 4.98 Å². The average molecular weight is 408 g/mol. The summed E-state index contributed by atoms with van der Waals surface area (Å²) in [4.78, 5) is 33.3. The van der Waals surface area contributed by atoms with Crippen molar-refractivity contribution in [3.63, 3.8) is 0 Å². The highest BCUT2D eigenvalue weighted by Gasteiger charge is 2.28. The molecule has 0 atom stereocenters. The molecular weight excluding hydrogens is 384 g/mol. The summed E-state index contributed by atoms with van der Waals surface area (Å²) >= 11 is 0. The van der Waals surface area contributed by atoms with Gasteiger partial charge in [0.05, 0.1) is 11.8 Å². The molecule has 3 aromatic rings. The van der Waals surface area contributed by atoms with Crippen LogP contribution in [0.25, 0.3) is 22.4 Å². The summed E-state index contributed by atoms with van der Waals surface area (Å²) in [5.74, 6) is 0.886. The van der Waals surface area contributed by atoms with Crippen molar-refractivity contribution in [1.29, 1.82) is 0 Å². The van der Waals surface area contributed by atoms with Gasteiger partial charge in [-0.1, -0.05) is 11.2 Å². The minimum Gasteiger partial charge on any atom is -0.447 e. The zero-order chi connectivity index (χ0) is 21.1. The average Bonchev–Trinajstić information content (AvgIpc) is 3.17. The quantitative estimate of drug-likeness (QED) is 0.558. The molecule has 1 fully saturated rings. The molecule has 0 saturated carbocycles. The number of benzene rings is 1. The second kappa shape index (κ2) is 8.61. The third-order valence-corrected chi connectivity index (χ3v) is 5.21. The number of rotatable bonds is 5. The van der Waals surface area contributed by atoms with Crippen molar-refractivity contribution in [3.05, 3.63) is 52.9 Å². The van der Waals surface area contributed by atoms with E-state index in [-0.39, 0.29) is 24.7 Å². The van der Waals surface area contributed by atoms with E-state index >= 15 is 0 Å². The number of likely N-dealkylation sites (tertiary alicyclic amines) is 1. The van der Waals surface area contributed by atoms with Gasteiger partial charge in [0, 0.05) is 30.8 Å². The summed E-state index contributed by atoms with van der Waals surface area (Å²) < 4.78 is 11.3. The van der Waals surface area contributed by atoms with Crippen LogP contribution in [0.2, 0.25) is 0 Å². The number of ether oxygens (including phenoxy) is 1. The number of aromatic nitrogens is 2. The number of carbonyl (C=O) groups is 1. The van der Waals surface area contributed by atoms with Crippen molar-refractivity contribution in [2.24, 2.45) is 5.18 Å². The molecule has 3 heterocycles. The Morgan fingerprint density at radius 3 is 2.73 bits per heavy atom. The highest BCUT2D eigenvalue weighted by atomic mass is 16.6.